The standard InChI is InChI=1S/C26H30N4O2/c1-31-22-10-7-20(24(14-22)32-2)16-30-25(19-6-5-18-11-12-27-23(18)13-19)28-29-26(30)15-17-3-8-21(26)9-4-17/h5-7,10-14,17,21,27,29H,3-4,8-9,15-16H2,1-2H3/t17?,21?,26-/m1/s1. The first-order valence-corrected chi connectivity index (χ1v) is 11.6. The van der Waals surface area contributed by atoms with Gasteiger partial charge in [-0.1, -0.05) is 12.1 Å². The van der Waals surface area contributed by atoms with E-state index in [9.17, 15) is 0 Å². The van der Waals surface area contributed by atoms with E-state index in [4.69, 9.17) is 14.6 Å². The molecule has 1 spiro atoms. The number of fused-ring (bicyclic) bond motifs is 3. The van der Waals surface area contributed by atoms with Crippen LogP contribution in [0.15, 0.2) is 53.8 Å². The van der Waals surface area contributed by atoms with Gasteiger partial charge in [0.15, 0.2) is 5.84 Å². The summed E-state index contributed by atoms with van der Waals surface area (Å²) in [5.74, 6) is 4.06. The van der Waals surface area contributed by atoms with Gasteiger partial charge < -0.3 is 19.4 Å². The first-order valence-electron chi connectivity index (χ1n) is 11.6. The van der Waals surface area contributed by atoms with Gasteiger partial charge in [0.2, 0.25) is 0 Å². The van der Waals surface area contributed by atoms with E-state index in [-0.39, 0.29) is 5.66 Å². The number of nitrogens with zero attached hydrogens (tertiary/aromatic N) is 2. The van der Waals surface area contributed by atoms with Crippen molar-refractivity contribution in [1.82, 2.24) is 15.3 Å². The Bertz CT molecular complexity index is 1180. The van der Waals surface area contributed by atoms with E-state index in [1.165, 1.54) is 31.1 Å². The highest BCUT2D eigenvalue weighted by Crippen LogP contribution is 2.51. The zero-order valence-corrected chi connectivity index (χ0v) is 18.7. The van der Waals surface area contributed by atoms with Crippen molar-refractivity contribution in [2.24, 2.45) is 16.9 Å². The molecule has 1 aromatic heterocycles. The molecule has 166 valence electrons. The maximum atomic E-state index is 5.75. The van der Waals surface area contributed by atoms with Crippen molar-refractivity contribution in [1.29, 1.82) is 0 Å². The lowest BCUT2D eigenvalue weighted by molar-refractivity contribution is -0.0333. The second-order valence-electron chi connectivity index (χ2n) is 9.44. The Morgan fingerprint density at radius 2 is 1.91 bits per heavy atom. The molecule has 1 atom stereocenters. The van der Waals surface area contributed by atoms with E-state index >= 15 is 0 Å². The van der Waals surface area contributed by atoms with Crippen LogP contribution in [-0.4, -0.2) is 35.6 Å². The molecule has 6 nitrogen and oxygen atoms in total. The molecule has 2 aromatic carbocycles. The molecule has 1 aliphatic heterocycles. The highest BCUT2D eigenvalue weighted by Gasteiger charge is 2.54. The number of hydrazone groups is 1. The average Bonchev–Trinajstić information content (AvgIpc) is 3.45. The number of hydrogen-bond donors (Lipinski definition) is 2. The zero-order chi connectivity index (χ0) is 21.7. The molecule has 3 saturated carbocycles. The number of ether oxygens (including phenoxy) is 2. The van der Waals surface area contributed by atoms with E-state index < -0.39 is 0 Å². The van der Waals surface area contributed by atoms with Gasteiger partial charge in [-0.3, -0.25) is 5.43 Å². The van der Waals surface area contributed by atoms with Crippen LogP contribution in [0.3, 0.4) is 0 Å². The van der Waals surface area contributed by atoms with Crippen LogP contribution in [0.4, 0.5) is 0 Å². The molecule has 0 amide bonds. The molecule has 4 aliphatic rings. The number of nitrogens with one attached hydrogen (secondary N) is 2. The number of benzene rings is 2. The molecule has 7 rings (SSSR count). The SMILES string of the molecule is COc1ccc(CN2C(c3ccc4cc[nH]c4c3)=NN[C@]23CC2CCC3CC2)c(OC)c1. The molecule has 0 radical (unpaired) electrons. The Morgan fingerprint density at radius 1 is 1.03 bits per heavy atom. The molecular weight excluding hydrogens is 400 g/mol. The minimum atomic E-state index is -0.119. The lowest BCUT2D eigenvalue weighted by atomic mass is 9.63. The monoisotopic (exact) mass is 430 g/mol. The summed E-state index contributed by atoms with van der Waals surface area (Å²) in [5, 5.41) is 6.19. The van der Waals surface area contributed by atoms with Gasteiger partial charge in [-0.2, -0.15) is 5.10 Å². The van der Waals surface area contributed by atoms with Crippen molar-refractivity contribution in [3.63, 3.8) is 0 Å². The van der Waals surface area contributed by atoms with Gasteiger partial charge in [0, 0.05) is 34.8 Å². The Morgan fingerprint density at radius 3 is 2.66 bits per heavy atom. The minimum Gasteiger partial charge on any atom is -0.497 e. The van der Waals surface area contributed by atoms with Crippen molar-refractivity contribution in [3.8, 4) is 11.5 Å². The van der Waals surface area contributed by atoms with E-state index in [0.717, 1.165) is 52.9 Å². The Labute approximate surface area is 188 Å². The maximum Gasteiger partial charge on any atom is 0.158 e. The lowest BCUT2D eigenvalue weighted by Crippen LogP contribution is -2.63. The molecule has 32 heavy (non-hydrogen) atoms. The summed E-state index contributed by atoms with van der Waals surface area (Å²) in [6.07, 6.45) is 8.37. The third-order valence-electron chi connectivity index (χ3n) is 7.85. The Balaban J connectivity index is 1.42. The molecule has 3 fully saturated rings. The van der Waals surface area contributed by atoms with Gasteiger partial charge >= 0.3 is 0 Å². The van der Waals surface area contributed by atoms with Crippen LogP contribution in [0.1, 0.15) is 43.2 Å². The number of methoxy groups -OCH3 is 2. The summed E-state index contributed by atoms with van der Waals surface area (Å²) in [4.78, 5) is 5.87. The van der Waals surface area contributed by atoms with Crippen LogP contribution in [0, 0.1) is 11.8 Å². The zero-order valence-electron chi connectivity index (χ0n) is 18.7. The molecule has 6 heteroatoms. The van der Waals surface area contributed by atoms with Crippen LogP contribution in [0.25, 0.3) is 10.9 Å². The van der Waals surface area contributed by atoms with Crippen molar-refractivity contribution in [2.45, 2.75) is 44.3 Å². The van der Waals surface area contributed by atoms with E-state index in [1.54, 1.807) is 14.2 Å². The first kappa shape index (κ1) is 19.5. The van der Waals surface area contributed by atoms with Crippen LogP contribution in [0.5, 0.6) is 11.5 Å². The topological polar surface area (TPSA) is 61.9 Å². The fourth-order valence-electron chi connectivity index (χ4n) is 6.15. The summed E-state index contributed by atoms with van der Waals surface area (Å²) < 4.78 is 11.2. The lowest BCUT2D eigenvalue weighted by Gasteiger charge is -2.54. The van der Waals surface area contributed by atoms with E-state index in [1.807, 2.05) is 18.3 Å². The second kappa shape index (κ2) is 7.47. The first-order chi connectivity index (χ1) is 15.7. The van der Waals surface area contributed by atoms with Crippen molar-refractivity contribution >= 4 is 16.7 Å². The van der Waals surface area contributed by atoms with Crippen molar-refractivity contribution in [2.75, 3.05) is 14.2 Å². The van der Waals surface area contributed by atoms with Gasteiger partial charge in [0.1, 0.15) is 17.2 Å². The predicted octanol–water partition coefficient (Wildman–Crippen LogP) is 4.86. The van der Waals surface area contributed by atoms with Crippen molar-refractivity contribution < 1.29 is 9.47 Å². The number of amidine groups is 1. The summed E-state index contributed by atoms with van der Waals surface area (Å²) in [5.41, 5.74) is 6.96. The summed E-state index contributed by atoms with van der Waals surface area (Å²) >= 11 is 0. The number of hydrogen-bond acceptors (Lipinski definition) is 5. The molecule has 3 aromatic rings. The fourth-order valence-corrected chi connectivity index (χ4v) is 6.15. The average molecular weight is 431 g/mol. The number of rotatable bonds is 5. The van der Waals surface area contributed by atoms with Crippen LogP contribution < -0.4 is 14.9 Å². The second-order valence-corrected chi connectivity index (χ2v) is 9.44. The Hall–Kier alpha value is -3.15. The van der Waals surface area contributed by atoms with Crippen LogP contribution >= 0.6 is 0 Å². The third kappa shape index (κ3) is 2.96. The number of aromatic nitrogens is 1. The minimum absolute atomic E-state index is 0.119. The quantitative estimate of drug-likeness (QED) is 0.607. The molecule has 2 bridgehead atoms. The molecule has 2 heterocycles. The van der Waals surface area contributed by atoms with Crippen LogP contribution in [0.2, 0.25) is 0 Å². The normalized spacial score (nSPS) is 26.4. The largest absolute Gasteiger partial charge is 0.497 e. The third-order valence-corrected chi connectivity index (χ3v) is 7.85. The molecule has 0 unspecified atom stereocenters. The number of aromatic amines is 1. The van der Waals surface area contributed by atoms with E-state index in [2.05, 4.69) is 45.6 Å². The summed E-state index contributed by atoms with van der Waals surface area (Å²) in [7, 11) is 3.42. The highest BCUT2D eigenvalue weighted by molar-refractivity contribution is 6.02. The van der Waals surface area contributed by atoms with E-state index in [0.29, 0.717) is 5.92 Å². The molecule has 0 saturated heterocycles. The van der Waals surface area contributed by atoms with Gasteiger partial charge in [0.25, 0.3) is 0 Å². The molecule has 3 aliphatic carbocycles. The van der Waals surface area contributed by atoms with Crippen LogP contribution in [-0.2, 0) is 6.54 Å². The van der Waals surface area contributed by atoms with Gasteiger partial charge in [-0.15, -0.1) is 0 Å². The molecule has 2 N–H and O–H groups in total. The van der Waals surface area contributed by atoms with Gasteiger partial charge in [0.05, 0.1) is 20.8 Å². The summed E-state index contributed by atoms with van der Waals surface area (Å²) in [6, 6.07) is 14.8. The van der Waals surface area contributed by atoms with Gasteiger partial charge in [-0.25, -0.2) is 0 Å². The fraction of sp³-hybridized carbons (Fsp3) is 0.423. The highest BCUT2D eigenvalue weighted by atomic mass is 16.5. The predicted molar refractivity (Wildman–Crippen MR) is 126 cm³/mol. The maximum absolute atomic E-state index is 5.75. The van der Waals surface area contributed by atoms with Crippen molar-refractivity contribution in [3.05, 3.63) is 59.8 Å². The molecular formula is C26H30N4O2. The van der Waals surface area contributed by atoms with Gasteiger partial charge in [-0.05, 0) is 67.7 Å². The number of H-pyrrole nitrogens is 1. The summed E-state index contributed by atoms with van der Waals surface area (Å²) in [6.45, 7) is 0.741. The smallest absolute Gasteiger partial charge is 0.158 e. The Kier molecular flexibility index (Phi) is 4.56.